The van der Waals surface area contributed by atoms with Crippen LogP contribution in [0.3, 0.4) is 0 Å². The fourth-order valence-electron chi connectivity index (χ4n) is 1.31. The number of thiophene rings is 1. The predicted octanol–water partition coefficient (Wildman–Crippen LogP) is 2.68. The molecule has 6 heteroatoms. The highest BCUT2D eigenvalue weighted by atomic mass is 79.9. The summed E-state index contributed by atoms with van der Waals surface area (Å²) in [4.78, 5) is 0.927. The van der Waals surface area contributed by atoms with Gasteiger partial charge in [0.15, 0.2) is 9.84 Å². The van der Waals surface area contributed by atoms with Gasteiger partial charge in [-0.2, -0.15) is 0 Å². The summed E-state index contributed by atoms with van der Waals surface area (Å²) in [7, 11) is -3.32. The van der Waals surface area contributed by atoms with Crippen LogP contribution in [-0.2, 0) is 9.84 Å². The molecule has 0 spiro atoms. The Morgan fingerprint density at radius 3 is 2.31 bits per heavy atom. The zero-order valence-electron chi connectivity index (χ0n) is 9.61. The van der Waals surface area contributed by atoms with Gasteiger partial charge in [-0.25, -0.2) is 8.42 Å². The summed E-state index contributed by atoms with van der Waals surface area (Å²) in [6.45, 7) is 4.95. The Labute approximate surface area is 109 Å². The van der Waals surface area contributed by atoms with Crippen molar-refractivity contribution >= 4 is 37.1 Å². The number of halogens is 1. The SMILES string of the molecule is Cc1sc(Br)cc1C(O)C(C)(C)S(C)(=O)=O. The lowest BCUT2D eigenvalue weighted by Crippen LogP contribution is -2.37. The molecule has 0 aromatic carbocycles. The molecule has 92 valence electrons. The molecule has 1 aromatic heterocycles. The van der Waals surface area contributed by atoms with Crippen molar-refractivity contribution in [1.29, 1.82) is 0 Å². The van der Waals surface area contributed by atoms with Crippen molar-refractivity contribution < 1.29 is 13.5 Å². The van der Waals surface area contributed by atoms with Crippen molar-refractivity contribution in [3.8, 4) is 0 Å². The molecular weight excluding hydrogens is 312 g/mol. The van der Waals surface area contributed by atoms with E-state index in [2.05, 4.69) is 15.9 Å². The molecule has 0 saturated carbocycles. The van der Waals surface area contributed by atoms with Gasteiger partial charge in [-0.05, 0) is 48.3 Å². The van der Waals surface area contributed by atoms with E-state index in [1.807, 2.05) is 6.92 Å². The summed E-state index contributed by atoms with van der Waals surface area (Å²) in [5.74, 6) is 0. The van der Waals surface area contributed by atoms with Gasteiger partial charge in [0, 0.05) is 11.1 Å². The van der Waals surface area contributed by atoms with Crippen molar-refractivity contribution in [3.05, 3.63) is 20.3 Å². The second-order valence-corrected chi connectivity index (χ2v) is 9.57. The van der Waals surface area contributed by atoms with E-state index < -0.39 is 20.7 Å². The van der Waals surface area contributed by atoms with Crippen molar-refractivity contribution in [2.75, 3.05) is 6.26 Å². The van der Waals surface area contributed by atoms with E-state index in [4.69, 9.17) is 0 Å². The first-order valence-electron chi connectivity index (χ1n) is 4.71. The largest absolute Gasteiger partial charge is 0.387 e. The lowest BCUT2D eigenvalue weighted by Gasteiger charge is -2.28. The predicted molar refractivity (Wildman–Crippen MR) is 70.6 cm³/mol. The Morgan fingerprint density at radius 2 is 2.00 bits per heavy atom. The van der Waals surface area contributed by atoms with Crippen LogP contribution in [0.15, 0.2) is 9.85 Å². The number of hydrogen-bond acceptors (Lipinski definition) is 4. The van der Waals surface area contributed by atoms with Crippen LogP contribution in [0.5, 0.6) is 0 Å². The third-order valence-electron chi connectivity index (χ3n) is 2.83. The first-order valence-corrected chi connectivity index (χ1v) is 8.21. The summed E-state index contributed by atoms with van der Waals surface area (Å²) in [6.07, 6.45) is 0.137. The van der Waals surface area contributed by atoms with Crippen LogP contribution in [0, 0.1) is 6.92 Å². The van der Waals surface area contributed by atoms with Crippen molar-refractivity contribution in [3.63, 3.8) is 0 Å². The summed E-state index contributed by atoms with van der Waals surface area (Å²) in [5.41, 5.74) is 0.673. The number of aliphatic hydroxyl groups excluding tert-OH is 1. The first-order chi connectivity index (χ1) is 7.07. The minimum absolute atomic E-state index is 0.673. The molecule has 1 unspecified atom stereocenters. The lowest BCUT2D eigenvalue weighted by molar-refractivity contribution is 0.139. The topological polar surface area (TPSA) is 54.4 Å². The molecule has 0 aliphatic heterocycles. The van der Waals surface area contributed by atoms with Crippen LogP contribution in [0.1, 0.15) is 30.4 Å². The first kappa shape index (κ1) is 14.2. The minimum atomic E-state index is -3.32. The van der Waals surface area contributed by atoms with Crippen LogP contribution < -0.4 is 0 Å². The average Bonchev–Trinajstić information content (AvgIpc) is 2.41. The Bertz CT molecular complexity index is 488. The average molecular weight is 327 g/mol. The third kappa shape index (κ3) is 2.50. The van der Waals surface area contributed by atoms with E-state index in [9.17, 15) is 13.5 Å². The highest BCUT2D eigenvalue weighted by Crippen LogP contribution is 2.38. The molecule has 0 fully saturated rings. The maximum absolute atomic E-state index is 11.6. The van der Waals surface area contributed by atoms with Crippen LogP contribution in [0.4, 0.5) is 0 Å². The molecule has 1 aromatic rings. The molecule has 1 rings (SSSR count). The van der Waals surface area contributed by atoms with Gasteiger partial charge in [-0.3, -0.25) is 0 Å². The van der Waals surface area contributed by atoms with E-state index in [-0.39, 0.29) is 0 Å². The van der Waals surface area contributed by atoms with Crippen molar-refractivity contribution in [2.24, 2.45) is 0 Å². The molecule has 3 nitrogen and oxygen atoms in total. The fraction of sp³-hybridized carbons (Fsp3) is 0.600. The van der Waals surface area contributed by atoms with Crippen molar-refractivity contribution in [1.82, 2.24) is 0 Å². The van der Waals surface area contributed by atoms with Gasteiger partial charge in [0.1, 0.15) is 0 Å². The van der Waals surface area contributed by atoms with Crippen LogP contribution in [-0.4, -0.2) is 24.5 Å². The van der Waals surface area contributed by atoms with E-state index in [0.717, 1.165) is 14.9 Å². The maximum Gasteiger partial charge on any atom is 0.155 e. The Balaban J connectivity index is 3.22. The molecule has 0 saturated heterocycles. The second kappa shape index (κ2) is 4.40. The molecule has 1 heterocycles. The van der Waals surface area contributed by atoms with Crippen LogP contribution >= 0.6 is 27.3 Å². The zero-order valence-corrected chi connectivity index (χ0v) is 12.8. The quantitative estimate of drug-likeness (QED) is 0.929. The highest BCUT2D eigenvalue weighted by Gasteiger charge is 2.39. The maximum atomic E-state index is 11.6. The Kier molecular flexibility index (Phi) is 3.89. The normalized spacial score (nSPS) is 15.1. The number of rotatable bonds is 3. The molecule has 0 bridgehead atoms. The fourth-order valence-corrected chi connectivity index (χ4v) is 3.58. The van der Waals surface area contributed by atoms with E-state index >= 15 is 0 Å². The van der Waals surface area contributed by atoms with Crippen LogP contribution in [0.2, 0.25) is 0 Å². The molecule has 0 aliphatic carbocycles. The van der Waals surface area contributed by atoms with Gasteiger partial charge in [0.25, 0.3) is 0 Å². The summed E-state index contributed by atoms with van der Waals surface area (Å²) in [6, 6.07) is 1.78. The number of hydrogen-bond donors (Lipinski definition) is 1. The van der Waals surface area contributed by atoms with Gasteiger partial charge in [0.2, 0.25) is 0 Å². The second-order valence-electron chi connectivity index (χ2n) is 4.34. The third-order valence-corrected chi connectivity index (χ3v) is 6.54. The molecule has 1 atom stereocenters. The van der Waals surface area contributed by atoms with Gasteiger partial charge in [0.05, 0.1) is 14.6 Å². The molecule has 16 heavy (non-hydrogen) atoms. The summed E-state index contributed by atoms with van der Waals surface area (Å²) >= 11 is 4.81. The Hall–Kier alpha value is 0.0900. The van der Waals surface area contributed by atoms with Gasteiger partial charge < -0.3 is 5.11 Å². The summed E-state index contributed by atoms with van der Waals surface area (Å²) in [5, 5.41) is 10.2. The monoisotopic (exact) mass is 326 g/mol. The molecule has 0 radical (unpaired) electrons. The van der Waals surface area contributed by atoms with Gasteiger partial charge in [-0.15, -0.1) is 11.3 Å². The van der Waals surface area contributed by atoms with Crippen molar-refractivity contribution in [2.45, 2.75) is 31.6 Å². The number of aliphatic hydroxyl groups is 1. The Morgan fingerprint density at radius 1 is 1.50 bits per heavy atom. The van der Waals surface area contributed by atoms with Crippen LogP contribution in [0.25, 0.3) is 0 Å². The molecule has 0 amide bonds. The van der Waals surface area contributed by atoms with E-state index in [1.54, 1.807) is 6.07 Å². The van der Waals surface area contributed by atoms with E-state index in [1.165, 1.54) is 25.2 Å². The summed E-state index contributed by atoms with van der Waals surface area (Å²) < 4.78 is 22.9. The number of sulfone groups is 1. The lowest BCUT2D eigenvalue weighted by atomic mass is 9.99. The standard InChI is InChI=1S/C10H15BrO3S2/c1-6-7(5-8(11)15-6)9(12)10(2,3)16(4,13)14/h5,9,12H,1-4H3. The van der Waals surface area contributed by atoms with Gasteiger partial charge in [-0.1, -0.05) is 0 Å². The molecule has 0 aliphatic rings. The smallest absolute Gasteiger partial charge is 0.155 e. The van der Waals surface area contributed by atoms with Gasteiger partial charge >= 0.3 is 0 Å². The van der Waals surface area contributed by atoms with E-state index in [0.29, 0.717) is 5.56 Å². The zero-order chi connectivity index (χ0) is 12.7. The molecular formula is C10H15BrO3S2. The molecule has 1 N–H and O–H groups in total. The highest BCUT2D eigenvalue weighted by molar-refractivity contribution is 9.11. The minimum Gasteiger partial charge on any atom is -0.387 e. The number of aryl methyl sites for hydroxylation is 1.